The molecular formula is C14H24N2O3. The van der Waals surface area contributed by atoms with Gasteiger partial charge in [-0.15, -0.1) is 0 Å². The topological polar surface area (TPSA) is 60.9 Å². The lowest BCUT2D eigenvalue weighted by Crippen LogP contribution is -2.43. The predicted octanol–water partition coefficient (Wildman–Crippen LogP) is 1.18. The van der Waals surface area contributed by atoms with Gasteiger partial charge in [0, 0.05) is 19.6 Å². The molecule has 1 saturated carbocycles. The zero-order chi connectivity index (χ0) is 13.8. The second kappa shape index (κ2) is 6.37. The van der Waals surface area contributed by atoms with Crippen LogP contribution in [-0.2, 0) is 9.59 Å². The van der Waals surface area contributed by atoms with E-state index in [0.29, 0.717) is 25.6 Å². The van der Waals surface area contributed by atoms with Gasteiger partial charge in [0.25, 0.3) is 0 Å². The van der Waals surface area contributed by atoms with Gasteiger partial charge in [-0.05, 0) is 25.8 Å². The number of carbonyl (C=O) groups is 2. The van der Waals surface area contributed by atoms with Crippen molar-refractivity contribution in [1.29, 1.82) is 0 Å². The van der Waals surface area contributed by atoms with E-state index in [0.717, 1.165) is 19.4 Å². The third-order valence-corrected chi connectivity index (χ3v) is 4.50. The number of likely N-dealkylation sites (N-methyl/N-ethyl adjacent to an activating group) is 1. The first-order valence-corrected chi connectivity index (χ1v) is 7.28. The fraction of sp³-hybridized carbons (Fsp3) is 0.857. The van der Waals surface area contributed by atoms with E-state index in [9.17, 15) is 9.59 Å². The number of rotatable bonds is 4. The maximum absolute atomic E-state index is 12.2. The smallest absolute Gasteiger partial charge is 0.307 e. The van der Waals surface area contributed by atoms with E-state index >= 15 is 0 Å². The Morgan fingerprint density at radius 3 is 2.47 bits per heavy atom. The highest BCUT2D eigenvalue weighted by atomic mass is 16.4. The number of likely N-dealkylation sites (tertiary alicyclic amines) is 1. The predicted molar refractivity (Wildman–Crippen MR) is 71.8 cm³/mol. The molecule has 0 radical (unpaired) electrons. The molecule has 19 heavy (non-hydrogen) atoms. The van der Waals surface area contributed by atoms with Crippen molar-refractivity contribution in [2.45, 2.75) is 44.6 Å². The van der Waals surface area contributed by atoms with Crippen molar-refractivity contribution in [3.05, 3.63) is 0 Å². The van der Waals surface area contributed by atoms with Gasteiger partial charge < -0.3 is 10.0 Å². The van der Waals surface area contributed by atoms with Crippen LogP contribution >= 0.6 is 0 Å². The van der Waals surface area contributed by atoms with E-state index in [1.165, 1.54) is 19.3 Å². The molecule has 0 aromatic carbocycles. The van der Waals surface area contributed by atoms with Crippen LogP contribution in [0.1, 0.15) is 38.5 Å². The lowest BCUT2D eigenvalue weighted by molar-refractivity contribution is -0.141. The molecule has 1 aliphatic heterocycles. The molecule has 5 nitrogen and oxygen atoms in total. The van der Waals surface area contributed by atoms with Crippen LogP contribution in [0.5, 0.6) is 0 Å². The number of hydrogen-bond donors (Lipinski definition) is 1. The number of nitrogens with zero attached hydrogens (tertiary/aromatic N) is 2. The lowest BCUT2D eigenvalue weighted by atomic mass is 9.94. The second-order valence-corrected chi connectivity index (χ2v) is 5.86. The van der Waals surface area contributed by atoms with Gasteiger partial charge >= 0.3 is 5.97 Å². The van der Waals surface area contributed by atoms with E-state index in [1.54, 1.807) is 0 Å². The zero-order valence-electron chi connectivity index (χ0n) is 11.7. The Kier molecular flexibility index (Phi) is 4.80. The maximum atomic E-state index is 12.2. The van der Waals surface area contributed by atoms with E-state index in [1.807, 2.05) is 16.8 Å². The molecule has 0 spiro atoms. The summed E-state index contributed by atoms with van der Waals surface area (Å²) in [7, 11) is 1.89. The van der Waals surface area contributed by atoms with Crippen molar-refractivity contribution in [3.8, 4) is 0 Å². The van der Waals surface area contributed by atoms with E-state index < -0.39 is 5.97 Å². The van der Waals surface area contributed by atoms with Crippen LogP contribution < -0.4 is 0 Å². The van der Waals surface area contributed by atoms with Crippen molar-refractivity contribution in [3.63, 3.8) is 0 Å². The molecule has 1 saturated heterocycles. The molecule has 1 amide bonds. The quantitative estimate of drug-likeness (QED) is 0.832. The number of amides is 1. The molecule has 2 rings (SSSR count). The van der Waals surface area contributed by atoms with Gasteiger partial charge in [-0.1, -0.05) is 19.3 Å². The number of carboxylic acid groups (broad SMARTS) is 1. The summed E-state index contributed by atoms with van der Waals surface area (Å²) >= 11 is 0. The molecule has 0 unspecified atom stereocenters. The minimum absolute atomic E-state index is 0.137. The Hall–Kier alpha value is -1.10. The van der Waals surface area contributed by atoms with E-state index in [-0.39, 0.29) is 11.8 Å². The normalized spacial score (nSPS) is 25.4. The number of carboxylic acids is 1. The Labute approximate surface area is 114 Å². The van der Waals surface area contributed by atoms with Crippen molar-refractivity contribution >= 4 is 11.9 Å². The number of aliphatic carboxylic acids is 1. The molecule has 0 bridgehead atoms. The molecular weight excluding hydrogens is 244 g/mol. The molecule has 1 atom stereocenters. The highest BCUT2D eigenvalue weighted by Crippen LogP contribution is 2.22. The first-order chi connectivity index (χ1) is 9.08. The maximum Gasteiger partial charge on any atom is 0.307 e. The van der Waals surface area contributed by atoms with Crippen LogP contribution in [0.2, 0.25) is 0 Å². The van der Waals surface area contributed by atoms with Gasteiger partial charge in [-0.25, -0.2) is 0 Å². The second-order valence-electron chi connectivity index (χ2n) is 5.86. The summed E-state index contributed by atoms with van der Waals surface area (Å²) in [5, 5.41) is 8.96. The lowest BCUT2D eigenvalue weighted by Gasteiger charge is -2.32. The summed E-state index contributed by atoms with van der Waals surface area (Å²) in [6.45, 7) is 1.61. The SMILES string of the molecule is CN(C(=O)CN1CC[C@@H](C(=O)O)C1)C1CCCCC1. The van der Waals surface area contributed by atoms with E-state index in [2.05, 4.69) is 0 Å². The minimum atomic E-state index is -0.740. The first-order valence-electron chi connectivity index (χ1n) is 7.28. The summed E-state index contributed by atoms with van der Waals surface area (Å²) in [5.74, 6) is -0.902. The summed E-state index contributed by atoms with van der Waals surface area (Å²) < 4.78 is 0. The monoisotopic (exact) mass is 268 g/mol. The molecule has 1 aliphatic carbocycles. The van der Waals surface area contributed by atoms with Gasteiger partial charge in [-0.2, -0.15) is 0 Å². The average molecular weight is 268 g/mol. The molecule has 2 aliphatic rings. The van der Waals surface area contributed by atoms with Crippen molar-refractivity contribution in [1.82, 2.24) is 9.80 Å². The molecule has 1 heterocycles. The summed E-state index contributed by atoms with van der Waals surface area (Å²) in [6, 6.07) is 0.388. The first kappa shape index (κ1) is 14.3. The Balaban J connectivity index is 1.79. The van der Waals surface area contributed by atoms with Crippen molar-refractivity contribution in [2.75, 3.05) is 26.7 Å². The number of hydrogen-bond acceptors (Lipinski definition) is 3. The fourth-order valence-corrected chi connectivity index (χ4v) is 3.15. The Morgan fingerprint density at radius 1 is 1.21 bits per heavy atom. The van der Waals surface area contributed by atoms with Gasteiger partial charge in [-0.3, -0.25) is 14.5 Å². The standard InChI is InChI=1S/C14H24N2O3/c1-15(12-5-3-2-4-6-12)13(17)10-16-8-7-11(9-16)14(18)19/h11-12H,2-10H2,1H3,(H,18,19)/t11-/m1/s1. The van der Waals surface area contributed by atoms with Crippen molar-refractivity contribution in [2.24, 2.45) is 5.92 Å². The third-order valence-electron chi connectivity index (χ3n) is 4.50. The highest BCUT2D eigenvalue weighted by molar-refractivity contribution is 5.78. The van der Waals surface area contributed by atoms with Crippen LogP contribution in [-0.4, -0.2) is 59.5 Å². The highest BCUT2D eigenvalue weighted by Gasteiger charge is 2.30. The van der Waals surface area contributed by atoms with Crippen LogP contribution in [0, 0.1) is 5.92 Å². The van der Waals surface area contributed by atoms with Crippen molar-refractivity contribution < 1.29 is 14.7 Å². The molecule has 5 heteroatoms. The molecule has 108 valence electrons. The number of carbonyl (C=O) groups excluding carboxylic acids is 1. The van der Waals surface area contributed by atoms with Crippen LogP contribution in [0.3, 0.4) is 0 Å². The molecule has 0 aromatic rings. The Bertz CT molecular complexity index is 340. The molecule has 2 fully saturated rings. The summed E-state index contributed by atoms with van der Waals surface area (Å²) in [4.78, 5) is 27.0. The Morgan fingerprint density at radius 2 is 1.89 bits per heavy atom. The largest absolute Gasteiger partial charge is 0.481 e. The van der Waals surface area contributed by atoms with E-state index in [4.69, 9.17) is 5.11 Å². The third kappa shape index (κ3) is 3.69. The average Bonchev–Trinajstić information content (AvgIpc) is 2.87. The summed E-state index contributed by atoms with van der Waals surface area (Å²) in [5.41, 5.74) is 0. The van der Waals surface area contributed by atoms with Gasteiger partial charge in [0.2, 0.25) is 5.91 Å². The van der Waals surface area contributed by atoms with Crippen LogP contribution in [0.15, 0.2) is 0 Å². The van der Waals surface area contributed by atoms with Crippen LogP contribution in [0.25, 0.3) is 0 Å². The minimum Gasteiger partial charge on any atom is -0.481 e. The molecule has 0 aromatic heterocycles. The zero-order valence-corrected chi connectivity index (χ0v) is 11.7. The van der Waals surface area contributed by atoms with Gasteiger partial charge in [0.15, 0.2) is 0 Å². The van der Waals surface area contributed by atoms with Gasteiger partial charge in [0.05, 0.1) is 12.5 Å². The molecule has 1 N–H and O–H groups in total. The fourth-order valence-electron chi connectivity index (χ4n) is 3.15. The van der Waals surface area contributed by atoms with Crippen LogP contribution in [0.4, 0.5) is 0 Å². The van der Waals surface area contributed by atoms with Gasteiger partial charge in [0.1, 0.15) is 0 Å². The summed E-state index contributed by atoms with van der Waals surface area (Å²) in [6.07, 6.45) is 6.60.